The number of hydrogen-bond donors (Lipinski definition) is 1. The van der Waals surface area contributed by atoms with Crippen LogP contribution in [-0.4, -0.2) is 64.4 Å². The van der Waals surface area contributed by atoms with Crippen LogP contribution in [0.15, 0.2) is 77.7 Å². The molecule has 40 heavy (non-hydrogen) atoms. The number of sulfonamides is 1. The third-order valence-electron chi connectivity index (χ3n) is 7.58. The maximum atomic E-state index is 13.3. The number of aryl methyl sites for hydroxylation is 1. The van der Waals surface area contributed by atoms with Gasteiger partial charge in [-0.3, -0.25) is 9.59 Å². The molecule has 2 fully saturated rings. The summed E-state index contributed by atoms with van der Waals surface area (Å²) < 4.78 is 33.5. The Kier molecular flexibility index (Phi) is 8.09. The Bertz CT molecular complexity index is 1470. The van der Waals surface area contributed by atoms with E-state index in [0.29, 0.717) is 38.4 Å². The van der Waals surface area contributed by atoms with Gasteiger partial charge in [0.1, 0.15) is 5.75 Å². The number of anilines is 3. The Hall–Kier alpha value is -3.89. The number of nitrogens with one attached hydrogen (secondary N) is 1. The number of hydrogen-bond acceptors (Lipinski definition) is 6. The normalized spacial score (nSPS) is 18.1. The summed E-state index contributed by atoms with van der Waals surface area (Å²) in [5.74, 6) is -0.0706. The second-order valence-corrected chi connectivity index (χ2v) is 11.9. The summed E-state index contributed by atoms with van der Waals surface area (Å²) >= 11 is 0. The van der Waals surface area contributed by atoms with Gasteiger partial charge in [-0.15, -0.1) is 0 Å². The second-order valence-electron chi connectivity index (χ2n) is 10.0. The zero-order valence-corrected chi connectivity index (χ0v) is 23.6. The molecule has 0 aliphatic carbocycles. The highest BCUT2D eigenvalue weighted by molar-refractivity contribution is 7.89. The summed E-state index contributed by atoms with van der Waals surface area (Å²) in [6, 6.07) is 21.7. The molecule has 9 nitrogen and oxygen atoms in total. The number of carbonyl (C=O) groups excluding carboxylic acids is 2. The fourth-order valence-electron chi connectivity index (χ4n) is 5.21. The van der Waals surface area contributed by atoms with Gasteiger partial charge in [0, 0.05) is 50.5 Å². The summed E-state index contributed by atoms with van der Waals surface area (Å²) in [5, 5.41) is 2.84. The van der Waals surface area contributed by atoms with Crippen molar-refractivity contribution in [1.29, 1.82) is 0 Å². The molecular formula is C30H34N4O5S. The van der Waals surface area contributed by atoms with Crippen molar-refractivity contribution >= 4 is 38.9 Å². The van der Waals surface area contributed by atoms with E-state index in [-0.39, 0.29) is 23.1 Å². The number of benzene rings is 3. The van der Waals surface area contributed by atoms with Crippen molar-refractivity contribution in [2.75, 3.05) is 55.0 Å². The summed E-state index contributed by atoms with van der Waals surface area (Å²) in [6.45, 7) is 4.19. The zero-order valence-electron chi connectivity index (χ0n) is 22.7. The summed E-state index contributed by atoms with van der Waals surface area (Å²) in [4.78, 5) is 29.5. The minimum absolute atomic E-state index is 0.0864. The van der Waals surface area contributed by atoms with Gasteiger partial charge in [0.05, 0.1) is 23.6 Å². The van der Waals surface area contributed by atoms with Gasteiger partial charge in [0.15, 0.2) is 0 Å². The van der Waals surface area contributed by atoms with Crippen LogP contribution in [0.1, 0.15) is 18.9 Å². The first-order valence-electron chi connectivity index (χ1n) is 13.5. The van der Waals surface area contributed by atoms with Gasteiger partial charge in [0.25, 0.3) is 0 Å². The van der Waals surface area contributed by atoms with Crippen LogP contribution in [0.25, 0.3) is 0 Å². The quantitative estimate of drug-likeness (QED) is 0.449. The molecule has 5 rings (SSSR count). The minimum Gasteiger partial charge on any atom is -0.495 e. The molecule has 1 N–H and O–H groups in total. The number of para-hydroxylation sites is 2. The minimum atomic E-state index is -3.68. The van der Waals surface area contributed by atoms with Crippen LogP contribution in [0, 0.1) is 5.92 Å². The molecule has 0 aromatic heterocycles. The first-order chi connectivity index (χ1) is 19.3. The topological polar surface area (TPSA) is 99.3 Å². The Morgan fingerprint density at radius 1 is 0.950 bits per heavy atom. The Labute approximate surface area is 235 Å². The molecule has 2 amide bonds. The molecule has 2 saturated heterocycles. The fraction of sp³-hybridized carbons (Fsp3) is 0.333. The maximum absolute atomic E-state index is 13.3. The van der Waals surface area contributed by atoms with Crippen molar-refractivity contribution in [2.45, 2.75) is 24.7 Å². The lowest BCUT2D eigenvalue weighted by molar-refractivity contribution is -0.122. The number of methoxy groups -OCH3 is 1. The molecule has 2 aliphatic rings. The third kappa shape index (κ3) is 5.68. The molecule has 1 atom stereocenters. The predicted octanol–water partition coefficient (Wildman–Crippen LogP) is 3.76. The molecule has 0 bridgehead atoms. The van der Waals surface area contributed by atoms with E-state index in [4.69, 9.17) is 4.74 Å². The number of nitrogens with zero attached hydrogens (tertiary/aromatic N) is 3. The van der Waals surface area contributed by atoms with Crippen LogP contribution in [0.2, 0.25) is 0 Å². The van der Waals surface area contributed by atoms with E-state index in [9.17, 15) is 18.0 Å². The van der Waals surface area contributed by atoms with Crippen LogP contribution in [-0.2, 0) is 26.0 Å². The molecule has 3 aromatic rings. The molecule has 2 aliphatic heterocycles. The Morgan fingerprint density at radius 3 is 2.27 bits per heavy atom. The monoisotopic (exact) mass is 562 g/mol. The van der Waals surface area contributed by atoms with E-state index in [1.165, 1.54) is 22.0 Å². The zero-order chi connectivity index (χ0) is 28.3. The lowest BCUT2D eigenvalue weighted by atomic mass is 10.1. The van der Waals surface area contributed by atoms with Crippen LogP contribution in [0.5, 0.6) is 5.75 Å². The molecule has 10 heteroatoms. The second kappa shape index (κ2) is 11.7. The highest BCUT2D eigenvalue weighted by Gasteiger charge is 2.35. The van der Waals surface area contributed by atoms with E-state index in [0.717, 1.165) is 23.5 Å². The summed E-state index contributed by atoms with van der Waals surface area (Å²) in [6.07, 6.45) is 1.05. The van der Waals surface area contributed by atoms with Gasteiger partial charge in [-0.1, -0.05) is 31.2 Å². The van der Waals surface area contributed by atoms with Crippen LogP contribution in [0.4, 0.5) is 17.1 Å². The van der Waals surface area contributed by atoms with Crippen molar-refractivity contribution in [3.05, 3.63) is 78.4 Å². The van der Waals surface area contributed by atoms with Gasteiger partial charge >= 0.3 is 0 Å². The largest absolute Gasteiger partial charge is 0.495 e. The van der Waals surface area contributed by atoms with Crippen LogP contribution < -0.4 is 19.9 Å². The van der Waals surface area contributed by atoms with E-state index >= 15 is 0 Å². The highest BCUT2D eigenvalue weighted by Crippen LogP contribution is 2.30. The lowest BCUT2D eigenvalue weighted by Gasteiger charge is -2.35. The van der Waals surface area contributed by atoms with E-state index in [1.807, 2.05) is 48.5 Å². The Balaban J connectivity index is 1.18. The predicted molar refractivity (Wildman–Crippen MR) is 155 cm³/mol. The van der Waals surface area contributed by atoms with Gasteiger partial charge in [0.2, 0.25) is 21.8 Å². The van der Waals surface area contributed by atoms with Crippen molar-refractivity contribution < 1.29 is 22.7 Å². The number of amides is 2. The van der Waals surface area contributed by atoms with Crippen molar-refractivity contribution in [1.82, 2.24) is 4.31 Å². The first-order valence-corrected chi connectivity index (χ1v) is 14.9. The van der Waals surface area contributed by atoms with Crippen molar-refractivity contribution in [3.63, 3.8) is 0 Å². The van der Waals surface area contributed by atoms with E-state index < -0.39 is 15.9 Å². The average Bonchev–Trinajstić information content (AvgIpc) is 3.39. The van der Waals surface area contributed by atoms with Gasteiger partial charge in [-0.25, -0.2) is 8.42 Å². The smallest absolute Gasteiger partial charge is 0.243 e. The molecule has 0 saturated carbocycles. The van der Waals surface area contributed by atoms with Crippen molar-refractivity contribution in [3.8, 4) is 5.75 Å². The third-order valence-corrected chi connectivity index (χ3v) is 9.49. The summed E-state index contributed by atoms with van der Waals surface area (Å²) in [7, 11) is -2.06. The number of carbonyl (C=O) groups is 2. The van der Waals surface area contributed by atoms with E-state index in [1.54, 1.807) is 24.1 Å². The number of rotatable bonds is 8. The molecule has 210 valence electrons. The summed E-state index contributed by atoms with van der Waals surface area (Å²) in [5.41, 5.74) is 3.41. The molecule has 0 radical (unpaired) electrons. The SMILES string of the molecule is CCc1ccc(N2CC(C(=O)Nc3ccc(S(=O)(=O)N4CCN(c5ccccc5OC)CC4)cc3)CC2=O)cc1. The maximum Gasteiger partial charge on any atom is 0.243 e. The van der Waals surface area contributed by atoms with Crippen molar-refractivity contribution in [2.24, 2.45) is 5.92 Å². The standard InChI is InChI=1S/C30H34N4O5S/c1-3-22-8-12-25(13-9-22)34-21-23(20-29(34)35)30(36)31-24-10-14-26(15-11-24)40(37,38)33-18-16-32(17-19-33)27-6-4-5-7-28(27)39-2/h4-15,23H,3,16-21H2,1-2H3,(H,31,36). The molecule has 2 heterocycles. The number of piperazine rings is 1. The molecule has 1 unspecified atom stereocenters. The lowest BCUT2D eigenvalue weighted by Crippen LogP contribution is -2.48. The first kappa shape index (κ1) is 27.7. The van der Waals surface area contributed by atoms with Crippen LogP contribution in [0.3, 0.4) is 0 Å². The molecule has 0 spiro atoms. The van der Waals surface area contributed by atoms with Gasteiger partial charge in [-0.2, -0.15) is 4.31 Å². The van der Waals surface area contributed by atoms with Gasteiger partial charge in [-0.05, 0) is 60.5 Å². The van der Waals surface area contributed by atoms with E-state index in [2.05, 4.69) is 17.1 Å². The number of ether oxygens (including phenoxy) is 1. The Morgan fingerprint density at radius 2 is 1.62 bits per heavy atom. The fourth-order valence-corrected chi connectivity index (χ4v) is 6.63. The van der Waals surface area contributed by atoms with Gasteiger partial charge < -0.3 is 19.9 Å². The highest BCUT2D eigenvalue weighted by atomic mass is 32.2. The molecule has 3 aromatic carbocycles. The molecular weight excluding hydrogens is 528 g/mol. The average molecular weight is 563 g/mol. The van der Waals surface area contributed by atoms with Crippen LogP contribution >= 0.6 is 0 Å².